The van der Waals surface area contributed by atoms with E-state index in [-0.39, 0.29) is 16.4 Å². The maximum absolute atomic E-state index is 12.7. The van der Waals surface area contributed by atoms with Crippen LogP contribution in [0.15, 0.2) is 46.7 Å². The van der Waals surface area contributed by atoms with E-state index < -0.39 is 21.9 Å². The maximum Gasteiger partial charge on any atom is 0.432 e. The molecule has 0 saturated heterocycles. The van der Waals surface area contributed by atoms with Crippen molar-refractivity contribution in [1.29, 1.82) is 0 Å². The molecular weight excluding hydrogens is 403 g/mol. The number of sulfonamides is 1. The highest BCUT2D eigenvalue weighted by Gasteiger charge is 2.33. The molecule has 0 fully saturated rings. The van der Waals surface area contributed by atoms with Gasteiger partial charge in [0.2, 0.25) is 10.0 Å². The zero-order chi connectivity index (χ0) is 19.7. The van der Waals surface area contributed by atoms with Crippen LogP contribution >= 0.6 is 11.3 Å². The number of halogens is 3. The molecule has 0 atom stereocenters. The lowest BCUT2D eigenvalue weighted by Crippen LogP contribution is -2.22. The maximum atomic E-state index is 12.7. The van der Waals surface area contributed by atoms with Gasteiger partial charge in [-0.2, -0.15) is 18.3 Å². The molecule has 0 aliphatic heterocycles. The predicted molar refractivity (Wildman–Crippen MR) is 93.9 cm³/mol. The molecule has 0 amide bonds. The molecule has 11 heteroatoms. The van der Waals surface area contributed by atoms with Crippen LogP contribution < -0.4 is 9.46 Å². The fraction of sp³-hybridized carbons (Fsp3) is 0.188. The van der Waals surface area contributed by atoms with E-state index in [9.17, 15) is 21.6 Å². The topological polar surface area (TPSA) is 84.1 Å². The minimum Gasteiger partial charge on any atom is -0.496 e. The molecule has 2 aromatic heterocycles. The van der Waals surface area contributed by atoms with Crippen molar-refractivity contribution in [2.24, 2.45) is 0 Å². The van der Waals surface area contributed by atoms with Crippen LogP contribution in [0.2, 0.25) is 0 Å². The highest BCUT2D eigenvalue weighted by atomic mass is 32.2. The third kappa shape index (κ3) is 4.31. The van der Waals surface area contributed by atoms with E-state index in [4.69, 9.17) is 4.74 Å². The van der Waals surface area contributed by atoms with E-state index in [0.29, 0.717) is 16.2 Å². The Hall–Kier alpha value is -2.37. The van der Waals surface area contributed by atoms with Gasteiger partial charge in [-0.1, -0.05) is 18.2 Å². The third-order valence-corrected chi connectivity index (χ3v) is 6.63. The molecular formula is C16H14F3N3O3S2. The molecule has 3 rings (SSSR count). The number of hydrogen-bond donors (Lipinski definition) is 2. The van der Waals surface area contributed by atoms with Gasteiger partial charge in [0.05, 0.1) is 12.0 Å². The van der Waals surface area contributed by atoms with Gasteiger partial charge in [-0.25, -0.2) is 13.1 Å². The van der Waals surface area contributed by atoms with Crippen LogP contribution in [0.25, 0.3) is 10.6 Å². The quantitative estimate of drug-likeness (QED) is 0.641. The van der Waals surface area contributed by atoms with E-state index in [1.165, 1.54) is 19.2 Å². The molecule has 0 bridgehead atoms. The first-order valence-electron chi connectivity index (χ1n) is 7.55. The number of para-hydroxylation sites is 1. The van der Waals surface area contributed by atoms with Crippen molar-refractivity contribution in [3.63, 3.8) is 0 Å². The number of ether oxygens (including phenoxy) is 1. The Kier molecular flexibility index (Phi) is 5.27. The van der Waals surface area contributed by atoms with Gasteiger partial charge in [0, 0.05) is 12.1 Å². The van der Waals surface area contributed by atoms with Crippen molar-refractivity contribution >= 4 is 21.4 Å². The van der Waals surface area contributed by atoms with Crippen molar-refractivity contribution in [2.75, 3.05) is 7.11 Å². The van der Waals surface area contributed by atoms with E-state index >= 15 is 0 Å². The largest absolute Gasteiger partial charge is 0.496 e. The molecule has 0 aliphatic carbocycles. The van der Waals surface area contributed by atoms with Gasteiger partial charge in [-0.05, 0) is 24.3 Å². The summed E-state index contributed by atoms with van der Waals surface area (Å²) >= 11 is 0.830. The highest BCUT2D eigenvalue weighted by molar-refractivity contribution is 7.91. The first-order valence-corrected chi connectivity index (χ1v) is 9.85. The van der Waals surface area contributed by atoms with Crippen LogP contribution in [-0.4, -0.2) is 25.7 Å². The Bertz CT molecular complexity index is 1040. The lowest BCUT2D eigenvalue weighted by atomic mass is 10.2. The summed E-state index contributed by atoms with van der Waals surface area (Å²) in [6, 6.07) is 10.5. The van der Waals surface area contributed by atoms with E-state index in [0.717, 1.165) is 17.4 Å². The van der Waals surface area contributed by atoms with Gasteiger partial charge in [-0.15, -0.1) is 11.3 Å². The second-order valence-corrected chi connectivity index (χ2v) is 8.50. The minimum absolute atomic E-state index is 0.0141. The van der Waals surface area contributed by atoms with Gasteiger partial charge in [0.25, 0.3) is 0 Å². The molecule has 2 N–H and O–H groups in total. The molecule has 144 valence electrons. The number of nitrogens with zero attached hydrogens (tertiary/aromatic N) is 1. The van der Waals surface area contributed by atoms with Crippen LogP contribution in [-0.2, 0) is 22.7 Å². The SMILES string of the molecule is COc1ccccc1CNS(=O)(=O)c1ccc(-c2cc(C(F)(F)F)[nH]n2)s1. The number of methoxy groups -OCH3 is 1. The van der Waals surface area contributed by atoms with Gasteiger partial charge in [-0.3, -0.25) is 5.10 Å². The van der Waals surface area contributed by atoms with Gasteiger partial charge in [0.1, 0.15) is 21.3 Å². The van der Waals surface area contributed by atoms with Gasteiger partial charge >= 0.3 is 6.18 Å². The lowest BCUT2D eigenvalue weighted by molar-refractivity contribution is -0.141. The van der Waals surface area contributed by atoms with Crippen LogP contribution in [0.1, 0.15) is 11.3 Å². The fourth-order valence-electron chi connectivity index (χ4n) is 2.29. The molecule has 3 aromatic rings. The molecule has 0 radical (unpaired) electrons. The Morgan fingerprint density at radius 1 is 1.22 bits per heavy atom. The number of H-pyrrole nitrogens is 1. The summed E-state index contributed by atoms with van der Waals surface area (Å²) in [7, 11) is -2.36. The van der Waals surface area contributed by atoms with E-state index in [1.54, 1.807) is 24.3 Å². The third-order valence-electron chi connectivity index (χ3n) is 3.63. The Labute approximate surface area is 157 Å². The zero-order valence-electron chi connectivity index (χ0n) is 13.9. The Morgan fingerprint density at radius 2 is 1.96 bits per heavy atom. The van der Waals surface area contributed by atoms with Crippen molar-refractivity contribution < 1.29 is 26.3 Å². The lowest BCUT2D eigenvalue weighted by Gasteiger charge is -2.09. The number of benzene rings is 1. The van der Waals surface area contributed by atoms with Gasteiger partial charge in [0.15, 0.2) is 0 Å². The number of rotatable bonds is 6. The van der Waals surface area contributed by atoms with Crippen molar-refractivity contribution in [3.8, 4) is 16.3 Å². The fourth-order valence-corrected chi connectivity index (χ4v) is 4.61. The summed E-state index contributed by atoms with van der Waals surface area (Å²) in [5.74, 6) is 0.545. The number of hydrogen-bond acceptors (Lipinski definition) is 5. The van der Waals surface area contributed by atoms with Crippen LogP contribution in [0.3, 0.4) is 0 Å². The molecule has 0 aliphatic rings. The summed E-state index contributed by atoms with van der Waals surface area (Å²) in [5, 5.41) is 5.50. The number of thiophene rings is 1. The first-order chi connectivity index (χ1) is 12.7. The zero-order valence-corrected chi connectivity index (χ0v) is 15.5. The predicted octanol–water partition coefficient (Wildman–Crippen LogP) is 3.64. The van der Waals surface area contributed by atoms with Crippen molar-refractivity contribution in [3.05, 3.63) is 53.7 Å². The number of aromatic amines is 1. The van der Waals surface area contributed by atoms with Crippen LogP contribution in [0.4, 0.5) is 13.2 Å². The molecule has 2 heterocycles. The summed E-state index contributed by atoms with van der Waals surface area (Å²) in [4.78, 5) is 0.305. The number of nitrogens with one attached hydrogen (secondary N) is 2. The molecule has 6 nitrogen and oxygen atoms in total. The molecule has 0 saturated carbocycles. The first kappa shape index (κ1) is 19.4. The summed E-state index contributed by atoms with van der Waals surface area (Å²) in [6.07, 6.45) is -4.55. The second-order valence-electron chi connectivity index (χ2n) is 5.42. The summed E-state index contributed by atoms with van der Waals surface area (Å²) < 4.78 is 70.5. The van der Waals surface area contributed by atoms with E-state index in [2.05, 4.69) is 9.82 Å². The minimum atomic E-state index is -4.55. The van der Waals surface area contributed by atoms with E-state index in [1.807, 2.05) is 5.10 Å². The highest BCUT2D eigenvalue weighted by Crippen LogP contribution is 2.34. The van der Waals surface area contributed by atoms with Crippen LogP contribution in [0, 0.1) is 0 Å². The summed E-state index contributed by atoms with van der Waals surface area (Å²) in [5.41, 5.74) is -0.314. The summed E-state index contributed by atoms with van der Waals surface area (Å²) in [6.45, 7) is 0.0141. The number of alkyl halides is 3. The second kappa shape index (κ2) is 7.33. The molecule has 1 aromatic carbocycles. The number of aromatic nitrogens is 2. The molecule has 0 unspecified atom stereocenters. The Balaban J connectivity index is 1.77. The normalized spacial score (nSPS) is 12.3. The van der Waals surface area contributed by atoms with Crippen molar-refractivity contribution in [2.45, 2.75) is 16.9 Å². The monoisotopic (exact) mass is 417 g/mol. The van der Waals surface area contributed by atoms with Gasteiger partial charge < -0.3 is 4.74 Å². The molecule has 0 spiro atoms. The average Bonchev–Trinajstić information content (AvgIpc) is 3.29. The smallest absolute Gasteiger partial charge is 0.432 e. The van der Waals surface area contributed by atoms with Crippen molar-refractivity contribution in [1.82, 2.24) is 14.9 Å². The standard InChI is InChI=1S/C16H14F3N3O3S2/c1-25-12-5-3-2-4-10(12)9-20-27(23,24)15-7-6-13(26-15)11-8-14(22-21-11)16(17,18)19/h2-8,20H,9H2,1H3,(H,21,22). The Morgan fingerprint density at radius 3 is 2.63 bits per heavy atom. The van der Waals surface area contributed by atoms with Crippen LogP contribution in [0.5, 0.6) is 5.75 Å². The molecule has 27 heavy (non-hydrogen) atoms. The average molecular weight is 417 g/mol.